The zero-order valence-electron chi connectivity index (χ0n) is 10.9. The maximum absolute atomic E-state index is 13.3. The fourth-order valence-electron chi connectivity index (χ4n) is 2.06. The summed E-state index contributed by atoms with van der Waals surface area (Å²) < 4.78 is 41.6. The number of rotatable bonds is 3. The van der Waals surface area contributed by atoms with Gasteiger partial charge in [-0.05, 0) is 71.8 Å². The monoisotopic (exact) mass is 405 g/mol. The number of nitrogens with one attached hydrogen (secondary N) is 1. The molecule has 0 radical (unpaired) electrons. The summed E-state index contributed by atoms with van der Waals surface area (Å²) in [5, 5.41) is 0. The van der Waals surface area contributed by atoms with Gasteiger partial charge in [-0.2, -0.15) is 0 Å². The fraction of sp³-hybridized carbons (Fsp3) is 0.143. The van der Waals surface area contributed by atoms with Crippen molar-refractivity contribution in [2.75, 3.05) is 4.72 Å². The van der Waals surface area contributed by atoms with Crippen molar-refractivity contribution in [1.82, 2.24) is 0 Å². The van der Waals surface area contributed by atoms with Crippen molar-refractivity contribution in [2.45, 2.75) is 18.7 Å². The molecule has 2 aromatic carbocycles. The lowest BCUT2D eigenvalue weighted by Crippen LogP contribution is -2.16. The minimum atomic E-state index is -3.74. The minimum absolute atomic E-state index is 0.124. The quantitative estimate of drug-likeness (QED) is 0.789. The normalized spacial score (nSPS) is 11.4. The first-order chi connectivity index (χ1) is 9.31. The summed E-state index contributed by atoms with van der Waals surface area (Å²) in [6.07, 6.45) is 0. The first kappa shape index (κ1) is 15.2. The average molecular weight is 405 g/mol. The van der Waals surface area contributed by atoms with Crippen molar-refractivity contribution >= 4 is 38.3 Å². The molecule has 2 aromatic rings. The minimum Gasteiger partial charge on any atom is -0.279 e. The summed E-state index contributed by atoms with van der Waals surface area (Å²) in [6.45, 7) is 3.17. The number of halogens is 2. The van der Waals surface area contributed by atoms with E-state index in [4.69, 9.17) is 0 Å². The smallest absolute Gasteiger partial charge is 0.262 e. The molecule has 0 heterocycles. The zero-order chi connectivity index (χ0) is 14.9. The summed E-state index contributed by atoms with van der Waals surface area (Å²) in [4.78, 5) is 0.124. The summed E-state index contributed by atoms with van der Waals surface area (Å²) in [7, 11) is -3.74. The van der Waals surface area contributed by atoms with Crippen LogP contribution in [0.5, 0.6) is 0 Å². The van der Waals surface area contributed by atoms with Crippen molar-refractivity contribution in [1.29, 1.82) is 0 Å². The van der Waals surface area contributed by atoms with Gasteiger partial charge >= 0.3 is 0 Å². The van der Waals surface area contributed by atoms with Crippen molar-refractivity contribution < 1.29 is 12.8 Å². The highest BCUT2D eigenvalue weighted by atomic mass is 127. The molecule has 3 nitrogen and oxygen atoms in total. The highest BCUT2D eigenvalue weighted by Crippen LogP contribution is 2.26. The number of hydrogen-bond acceptors (Lipinski definition) is 2. The highest BCUT2D eigenvalue weighted by molar-refractivity contribution is 14.1. The van der Waals surface area contributed by atoms with Gasteiger partial charge in [-0.3, -0.25) is 4.72 Å². The highest BCUT2D eigenvalue weighted by Gasteiger charge is 2.21. The molecule has 106 valence electrons. The third kappa shape index (κ3) is 3.12. The van der Waals surface area contributed by atoms with E-state index in [9.17, 15) is 12.8 Å². The van der Waals surface area contributed by atoms with E-state index in [1.165, 1.54) is 12.1 Å². The van der Waals surface area contributed by atoms with Crippen molar-refractivity contribution in [3.63, 3.8) is 0 Å². The molecule has 0 amide bonds. The molecular formula is C14H13FINO2S. The van der Waals surface area contributed by atoms with Crippen LogP contribution in [-0.4, -0.2) is 8.42 Å². The Labute approximate surface area is 131 Å². The molecule has 0 saturated heterocycles. The Hall–Kier alpha value is -1.15. The van der Waals surface area contributed by atoms with Gasteiger partial charge in [0.1, 0.15) is 5.82 Å². The van der Waals surface area contributed by atoms with Crippen LogP contribution in [-0.2, 0) is 10.0 Å². The molecule has 0 saturated carbocycles. The summed E-state index contributed by atoms with van der Waals surface area (Å²) in [5.41, 5.74) is 1.29. The van der Waals surface area contributed by atoms with Gasteiger partial charge in [0.25, 0.3) is 10.0 Å². The molecule has 6 heteroatoms. The third-order valence-electron chi connectivity index (χ3n) is 2.81. The van der Waals surface area contributed by atoms with E-state index in [1.54, 1.807) is 26.0 Å². The van der Waals surface area contributed by atoms with Crippen molar-refractivity contribution in [2.24, 2.45) is 0 Å². The predicted molar refractivity (Wildman–Crippen MR) is 85.8 cm³/mol. The van der Waals surface area contributed by atoms with Gasteiger partial charge in [0.15, 0.2) is 0 Å². The summed E-state index contributed by atoms with van der Waals surface area (Å²) >= 11 is 2.06. The van der Waals surface area contributed by atoms with E-state index >= 15 is 0 Å². The van der Waals surface area contributed by atoms with Gasteiger partial charge in [-0.1, -0.05) is 12.1 Å². The molecule has 0 aliphatic heterocycles. The van der Waals surface area contributed by atoms with Gasteiger partial charge in [0.05, 0.1) is 10.6 Å². The van der Waals surface area contributed by atoms with Crippen LogP contribution in [0.25, 0.3) is 0 Å². The Balaban J connectivity index is 2.50. The lowest BCUT2D eigenvalue weighted by molar-refractivity contribution is 0.597. The van der Waals surface area contributed by atoms with E-state index in [0.29, 0.717) is 16.8 Å². The van der Waals surface area contributed by atoms with Crippen LogP contribution in [0.2, 0.25) is 0 Å². The molecule has 1 N–H and O–H groups in total. The van der Waals surface area contributed by atoms with Crippen LogP contribution in [0, 0.1) is 23.2 Å². The molecule has 0 atom stereocenters. The van der Waals surface area contributed by atoms with E-state index in [2.05, 4.69) is 27.3 Å². The molecular weight excluding hydrogens is 392 g/mol. The van der Waals surface area contributed by atoms with Crippen LogP contribution in [0.15, 0.2) is 41.3 Å². The number of sulfonamides is 1. The maximum atomic E-state index is 13.3. The SMILES string of the molecule is Cc1cc(F)cc(C)c1S(=O)(=O)Nc1ccccc1I. The van der Waals surface area contributed by atoms with E-state index < -0.39 is 15.8 Å². The molecule has 2 rings (SSSR count). The van der Waals surface area contributed by atoms with Gasteiger partial charge in [-0.25, -0.2) is 12.8 Å². The van der Waals surface area contributed by atoms with Gasteiger partial charge < -0.3 is 0 Å². The van der Waals surface area contributed by atoms with E-state index in [0.717, 1.165) is 3.57 Å². The number of anilines is 1. The van der Waals surface area contributed by atoms with Gasteiger partial charge in [0, 0.05) is 3.57 Å². The maximum Gasteiger partial charge on any atom is 0.262 e. The average Bonchev–Trinajstić information content (AvgIpc) is 2.30. The van der Waals surface area contributed by atoms with Crippen LogP contribution < -0.4 is 4.72 Å². The fourth-order valence-corrected chi connectivity index (χ4v) is 4.30. The molecule has 0 fully saturated rings. The standard InChI is InChI=1S/C14H13FINO2S/c1-9-7-11(15)8-10(2)14(9)20(18,19)17-13-6-4-3-5-12(13)16/h3-8,17H,1-2H3. The Bertz CT molecular complexity index is 737. The predicted octanol–water partition coefficient (Wildman–Crippen LogP) is 3.85. The molecule has 0 unspecified atom stereocenters. The van der Waals surface area contributed by atoms with Crippen molar-refractivity contribution in [3.05, 3.63) is 56.9 Å². The van der Waals surface area contributed by atoms with E-state index in [1.807, 2.05) is 12.1 Å². The Morgan fingerprint density at radius 2 is 1.65 bits per heavy atom. The third-order valence-corrected chi connectivity index (χ3v) is 5.42. The number of aryl methyl sites for hydroxylation is 2. The lowest BCUT2D eigenvalue weighted by atomic mass is 10.1. The van der Waals surface area contributed by atoms with Crippen LogP contribution in [0.1, 0.15) is 11.1 Å². The first-order valence-corrected chi connectivity index (χ1v) is 8.41. The summed E-state index contributed by atoms with van der Waals surface area (Å²) in [6, 6.07) is 9.52. The first-order valence-electron chi connectivity index (χ1n) is 5.85. The number of hydrogen-bond donors (Lipinski definition) is 1. The number of para-hydroxylation sites is 1. The molecule has 0 aromatic heterocycles. The lowest BCUT2D eigenvalue weighted by Gasteiger charge is -2.14. The largest absolute Gasteiger partial charge is 0.279 e. The Kier molecular flexibility index (Phi) is 4.33. The molecule has 20 heavy (non-hydrogen) atoms. The Morgan fingerprint density at radius 1 is 1.10 bits per heavy atom. The molecule has 0 spiro atoms. The zero-order valence-corrected chi connectivity index (χ0v) is 13.9. The van der Waals surface area contributed by atoms with Gasteiger partial charge in [-0.15, -0.1) is 0 Å². The second-order valence-corrected chi connectivity index (χ2v) is 7.24. The second-order valence-electron chi connectivity index (χ2n) is 4.45. The molecule has 0 bridgehead atoms. The molecule has 0 aliphatic rings. The van der Waals surface area contributed by atoms with Crippen LogP contribution >= 0.6 is 22.6 Å². The van der Waals surface area contributed by atoms with Crippen LogP contribution in [0.4, 0.5) is 10.1 Å². The van der Waals surface area contributed by atoms with Crippen molar-refractivity contribution in [3.8, 4) is 0 Å². The summed E-state index contributed by atoms with van der Waals surface area (Å²) in [5.74, 6) is -0.437. The molecule has 0 aliphatic carbocycles. The van der Waals surface area contributed by atoms with Gasteiger partial charge in [0.2, 0.25) is 0 Å². The second kappa shape index (κ2) is 5.69. The number of benzene rings is 2. The van der Waals surface area contributed by atoms with E-state index in [-0.39, 0.29) is 4.90 Å². The Morgan fingerprint density at radius 3 is 2.20 bits per heavy atom. The topological polar surface area (TPSA) is 46.2 Å². The van der Waals surface area contributed by atoms with Crippen LogP contribution in [0.3, 0.4) is 0 Å².